The summed E-state index contributed by atoms with van der Waals surface area (Å²) in [4.78, 5) is 11.9. The van der Waals surface area contributed by atoms with Crippen LogP contribution >= 0.6 is 11.9 Å². The molecule has 1 aliphatic heterocycles. The summed E-state index contributed by atoms with van der Waals surface area (Å²) in [6.45, 7) is 0. The molecule has 6 heteroatoms. The van der Waals surface area contributed by atoms with Crippen LogP contribution in [0.5, 0.6) is 0 Å². The number of primary amides is 1. The summed E-state index contributed by atoms with van der Waals surface area (Å²) >= 11 is 1.39. The molecular formula is C19H16N4OS. The minimum absolute atomic E-state index is 0.0929. The second-order valence-electron chi connectivity index (χ2n) is 5.27. The molecule has 1 aliphatic rings. The molecule has 0 spiro atoms. The van der Waals surface area contributed by atoms with E-state index in [-0.39, 0.29) is 11.3 Å². The Kier molecular flexibility index (Phi) is 4.78. The Morgan fingerprint density at radius 2 is 1.64 bits per heavy atom. The molecule has 3 N–H and O–H groups in total. The van der Waals surface area contributed by atoms with Crippen molar-refractivity contribution in [3.63, 3.8) is 0 Å². The first-order valence-corrected chi connectivity index (χ1v) is 8.76. The van der Waals surface area contributed by atoms with Gasteiger partial charge in [0.2, 0.25) is 0 Å². The van der Waals surface area contributed by atoms with Crippen molar-refractivity contribution in [2.24, 2.45) is 5.73 Å². The van der Waals surface area contributed by atoms with E-state index in [1.807, 2.05) is 66.9 Å². The van der Waals surface area contributed by atoms with Crippen molar-refractivity contribution in [1.82, 2.24) is 9.84 Å². The van der Waals surface area contributed by atoms with E-state index in [2.05, 4.69) is 11.5 Å². The van der Waals surface area contributed by atoms with Gasteiger partial charge in [0.1, 0.15) is 11.8 Å². The van der Waals surface area contributed by atoms with Gasteiger partial charge in [-0.3, -0.25) is 10.2 Å². The molecule has 0 saturated heterocycles. The third-order valence-corrected chi connectivity index (χ3v) is 4.44. The van der Waals surface area contributed by atoms with E-state index in [1.54, 1.807) is 4.41 Å². The Hall–Kier alpha value is -3.17. The minimum Gasteiger partial charge on any atom is -0.364 e. The zero-order valence-corrected chi connectivity index (χ0v) is 14.4. The molecule has 1 heterocycles. The Balaban J connectivity index is 2.39. The Morgan fingerprint density at radius 3 is 2.12 bits per heavy atom. The summed E-state index contributed by atoms with van der Waals surface area (Å²) in [5, 5.41) is 9.75. The highest BCUT2D eigenvalue weighted by molar-refractivity contribution is 7.96. The molecule has 0 bridgehead atoms. The van der Waals surface area contributed by atoms with E-state index in [0.29, 0.717) is 5.57 Å². The molecule has 0 radical (unpaired) electrons. The molecule has 0 aromatic heterocycles. The molecule has 0 saturated carbocycles. The van der Waals surface area contributed by atoms with Crippen LogP contribution in [-0.2, 0) is 4.79 Å². The number of carbonyl (C=O) groups is 1. The van der Waals surface area contributed by atoms with Crippen molar-refractivity contribution in [2.45, 2.75) is 0 Å². The largest absolute Gasteiger partial charge is 0.364 e. The highest BCUT2D eigenvalue weighted by Crippen LogP contribution is 2.39. The van der Waals surface area contributed by atoms with Crippen molar-refractivity contribution in [1.29, 1.82) is 5.26 Å². The lowest BCUT2D eigenvalue weighted by atomic mass is 9.91. The van der Waals surface area contributed by atoms with Crippen LogP contribution in [0.2, 0.25) is 0 Å². The number of rotatable bonds is 4. The van der Waals surface area contributed by atoms with Gasteiger partial charge in [-0.1, -0.05) is 60.7 Å². The highest BCUT2D eigenvalue weighted by atomic mass is 32.2. The second kappa shape index (κ2) is 7.16. The predicted molar refractivity (Wildman–Crippen MR) is 100 cm³/mol. The van der Waals surface area contributed by atoms with Crippen molar-refractivity contribution in [2.75, 3.05) is 6.26 Å². The van der Waals surface area contributed by atoms with Gasteiger partial charge in [0.25, 0.3) is 5.91 Å². The number of nitrogens with two attached hydrogens (primary N) is 1. The van der Waals surface area contributed by atoms with E-state index in [4.69, 9.17) is 5.73 Å². The molecule has 1 amide bonds. The number of carbonyl (C=O) groups excluding carboxylic acids is 1. The third-order valence-electron chi connectivity index (χ3n) is 3.80. The smallest absolute Gasteiger partial charge is 0.268 e. The molecule has 0 fully saturated rings. The van der Waals surface area contributed by atoms with E-state index >= 15 is 0 Å². The maximum absolute atomic E-state index is 11.9. The van der Waals surface area contributed by atoms with Crippen molar-refractivity contribution in [3.05, 3.63) is 83.1 Å². The van der Waals surface area contributed by atoms with Crippen LogP contribution in [0.15, 0.2) is 71.9 Å². The Morgan fingerprint density at radius 1 is 1.08 bits per heavy atom. The summed E-state index contributed by atoms with van der Waals surface area (Å²) in [6.07, 6.45) is 1.88. The summed E-state index contributed by atoms with van der Waals surface area (Å²) in [5.41, 5.74) is 12.1. The number of nitrogens with one attached hydrogen (secondary N) is 1. The molecule has 0 aliphatic carbocycles. The molecule has 3 rings (SSSR count). The van der Waals surface area contributed by atoms with Gasteiger partial charge in [-0.15, -0.1) is 0 Å². The number of hydrogen-bond donors (Lipinski definition) is 2. The number of amides is 1. The van der Waals surface area contributed by atoms with Crippen molar-refractivity contribution in [3.8, 4) is 6.07 Å². The third kappa shape index (κ3) is 3.10. The van der Waals surface area contributed by atoms with Crippen LogP contribution < -0.4 is 11.2 Å². The highest BCUT2D eigenvalue weighted by Gasteiger charge is 2.31. The van der Waals surface area contributed by atoms with Crippen molar-refractivity contribution >= 4 is 29.1 Å². The molecule has 2 aromatic carbocycles. The van der Waals surface area contributed by atoms with Crippen LogP contribution in [-0.4, -0.2) is 16.6 Å². The van der Waals surface area contributed by atoms with Crippen molar-refractivity contribution < 1.29 is 4.79 Å². The maximum Gasteiger partial charge on any atom is 0.268 e. The lowest BCUT2D eigenvalue weighted by Crippen LogP contribution is -2.40. The summed E-state index contributed by atoms with van der Waals surface area (Å²) in [7, 11) is 0. The van der Waals surface area contributed by atoms with Crippen LogP contribution in [0.3, 0.4) is 0 Å². The zero-order chi connectivity index (χ0) is 17.8. The van der Waals surface area contributed by atoms with E-state index < -0.39 is 5.91 Å². The van der Waals surface area contributed by atoms with Gasteiger partial charge in [0.15, 0.2) is 0 Å². The van der Waals surface area contributed by atoms with E-state index in [1.165, 1.54) is 11.9 Å². The van der Waals surface area contributed by atoms with Gasteiger partial charge in [-0.2, -0.15) is 5.26 Å². The van der Waals surface area contributed by atoms with E-state index in [0.717, 1.165) is 16.8 Å². The van der Waals surface area contributed by atoms with Gasteiger partial charge in [-0.25, -0.2) is 4.41 Å². The SMILES string of the molecule is CSN1NC(C(N)=O)=C(C#N)C(c2ccccc2)=C1c1ccccc1. The number of allylic oxidation sites excluding steroid dienone is 2. The first-order valence-electron chi connectivity index (χ1n) is 7.58. The monoisotopic (exact) mass is 348 g/mol. The molecule has 2 aromatic rings. The predicted octanol–water partition coefficient (Wildman–Crippen LogP) is 2.92. The Bertz CT molecular complexity index is 898. The summed E-state index contributed by atoms with van der Waals surface area (Å²) in [6, 6.07) is 21.4. The van der Waals surface area contributed by atoms with Crippen LogP contribution in [0.25, 0.3) is 11.3 Å². The van der Waals surface area contributed by atoms with E-state index in [9.17, 15) is 10.1 Å². The molecule has 0 unspecified atom stereocenters. The normalized spacial score (nSPS) is 14.2. The second-order valence-corrected chi connectivity index (χ2v) is 6.00. The topological polar surface area (TPSA) is 82.2 Å². The standard InChI is InChI=1S/C19H16N4OS/c1-25-23-18(14-10-6-3-7-11-14)16(13-8-4-2-5-9-13)15(12-20)17(22-23)19(21)24/h2-11,22H,1H3,(H2,21,24). The lowest BCUT2D eigenvalue weighted by Gasteiger charge is -2.33. The van der Waals surface area contributed by atoms with Gasteiger partial charge in [-0.05, 0) is 17.5 Å². The number of nitrogens with zero attached hydrogens (tertiary/aromatic N) is 2. The number of nitriles is 1. The van der Waals surface area contributed by atoms with Gasteiger partial charge in [0, 0.05) is 17.4 Å². The Labute approximate surface area is 150 Å². The quantitative estimate of drug-likeness (QED) is 0.830. The molecule has 124 valence electrons. The molecule has 0 atom stereocenters. The van der Waals surface area contributed by atoms with Gasteiger partial charge >= 0.3 is 0 Å². The van der Waals surface area contributed by atoms with Gasteiger partial charge in [0.05, 0.1) is 11.3 Å². The fourth-order valence-electron chi connectivity index (χ4n) is 2.73. The lowest BCUT2D eigenvalue weighted by molar-refractivity contribution is -0.115. The maximum atomic E-state index is 11.9. The fourth-order valence-corrected chi connectivity index (χ4v) is 3.29. The summed E-state index contributed by atoms with van der Waals surface area (Å²) < 4.78 is 1.76. The first-order chi connectivity index (χ1) is 12.2. The summed E-state index contributed by atoms with van der Waals surface area (Å²) in [5.74, 6) is -0.670. The minimum atomic E-state index is -0.670. The molecular weight excluding hydrogens is 332 g/mol. The average Bonchev–Trinajstić information content (AvgIpc) is 2.67. The van der Waals surface area contributed by atoms with Crippen LogP contribution in [0, 0.1) is 11.3 Å². The van der Waals surface area contributed by atoms with Crippen LogP contribution in [0.4, 0.5) is 0 Å². The average molecular weight is 348 g/mol. The number of hydrazine groups is 1. The zero-order valence-electron chi connectivity index (χ0n) is 13.6. The number of benzene rings is 2. The fraction of sp³-hybridized carbons (Fsp3) is 0.0526. The van der Waals surface area contributed by atoms with Gasteiger partial charge < -0.3 is 5.73 Å². The molecule has 5 nitrogen and oxygen atoms in total. The molecule has 25 heavy (non-hydrogen) atoms. The number of hydrogen-bond acceptors (Lipinski definition) is 5. The first kappa shape index (κ1) is 16.7. The van der Waals surface area contributed by atoms with Crippen LogP contribution in [0.1, 0.15) is 11.1 Å².